The number of nitrogens with zero attached hydrogens (tertiary/aromatic N) is 7. The number of carbonyl (C=O) groups excluding carboxylic acids is 1. The molecular formula is C24H23ClFN7O. The van der Waals surface area contributed by atoms with Gasteiger partial charge < -0.3 is 14.7 Å². The number of fused-ring (bicyclic) bond motifs is 3. The normalized spacial score (nSPS) is 21.3. The van der Waals surface area contributed by atoms with Gasteiger partial charge >= 0.3 is 0 Å². The van der Waals surface area contributed by atoms with Crippen molar-refractivity contribution >= 4 is 29.3 Å². The molecule has 0 unspecified atom stereocenters. The Bertz CT molecular complexity index is 1290. The molecule has 1 aliphatic carbocycles. The highest BCUT2D eigenvalue weighted by atomic mass is 35.5. The van der Waals surface area contributed by atoms with E-state index < -0.39 is 11.6 Å². The second-order valence-corrected chi connectivity index (χ2v) is 10.5. The number of amides is 1. The maximum absolute atomic E-state index is 14.6. The van der Waals surface area contributed by atoms with E-state index in [1.807, 2.05) is 47.2 Å². The summed E-state index contributed by atoms with van der Waals surface area (Å²) in [4.78, 5) is 23.4. The third-order valence-corrected chi connectivity index (χ3v) is 7.64. The number of aromatic nitrogens is 4. The molecule has 1 aromatic carbocycles. The summed E-state index contributed by atoms with van der Waals surface area (Å²) in [6.07, 6.45) is 2.40. The predicted molar refractivity (Wildman–Crippen MR) is 125 cm³/mol. The van der Waals surface area contributed by atoms with Gasteiger partial charge in [-0.2, -0.15) is 0 Å². The SMILES string of the molecule is O=C(N1Cc2cc(Cl)ccc2-n2c(nnc2N2CC3(CN(c4ccccn4)C3)C2)C1)C1(F)CC1. The fourth-order valence-corrected chi connectivity index (χ4v) is 5.71. The van der Waals surface area contributed by atoms with Crippen molar-refractivity contribution in [2.24, 2.45) is 5.41 Å². The van der Waals surface area contributed by atoms with Gasteiger partial charge in [0.2, 0.25) is 5.95 Å². The number of pyridine rings is 1. The molecule has 3 aliphatic heterocycles. The average Bonchev–Trinajstić information content (AvgIpc) is 3.45. The van der Waals surface area contributed by atoms with Crippen molar-refractivity contribution in [2.75, 3.05) is 36.0 Å². The molecule has 1 saturated carbocycles. The van der Waals surface area contributed by atoms with E-state index in [1.165, 1.54) is 0 Å². The van der Waals surface area contributed by atoms with Crippen molar-refractivity contribution in [3.05, 3.63) is 59.0 Å². The van der Waals surface area contributed by atoms with Crippen LogP contribution in [-0.4, -0.2) is 62.4 Å². The number of benzene rings is 1. The van der Waals surface area contributed by atoms with Crippen LogP contribution in [0.15, 0.2) is 42.6 Å². The third kappa shape index (κ3) is 3.02. The smallest absolute Gasteiger partial charge is 0.260 e. The Labute approximate surface area is 200 Å². The van der Waals surface area contributed by atoms with Gasteiger partial charge in [-0.25, -0.2) is 9.37 Å². The van der Waals surface area contributed by atoms with Crippen LogP contribution in [0.25, 0.3) is 5.69 Å². The minimum absolute atomic E-state index is 0.218. The van der Waals surface area contributed by atoms with Gasteiger partial charge in [-0.15, -0.1) is 10.2 Å². The maximum atomic E-state index is 14.6. The fourth-order valence-electron chi connectivity index (χ4n) is 5.51. The van der Waals surface area contributed by atoms with Gasteiger partial charge in [-0.3, -0.25) is 9.36 Å². The minimum Gasteiger partial charge on any atom is -0.355 e. The summed E-state index contributed by atoms with van der Waals surface area (Å²) in [6, 6.07) is 11.6. The molecule has 2 aromatic heterocycles. The molecule has 5 heterocycles. The molecule has 4 aliphatic rings. The molecule has 0 N–H and O–H groups in total. The maximum Gasteiger partial charge on any atom is 0.260 e. The van der Waals surface area contributed by atoms with Crippen LogP contribution >= 0.6 is 11.6 Å². The fraction of sp³-hybridized carbons (Fsp3) is 0.417. The molecule has 10 heteroatoms. The van der Waals surface area contributed by atoms with Gasteiger partial charge in [-0.05, 0) is 48.7 Å². The van der Waals surface area contributed by atoms with Crippen LogP contribution in [0.4, 0.5) is 16.2 Å². The zero-order valence-electron chi connectivity index (χ0n) is 18.5. The van der Waals surface area contributed by atoms with Crippen molar-refractivity contribution in [1.29, 1.82) is 0 Å². The lowest BCUT2D eigenvalue weighted by molar-refractivity contribution is -0.139. The van der Waals surface area contributed by atoms with E-state index in [0.717, 1.165) is 49.2 Å². The van der Waals surface area contributed by atoms with Crippen LogP contribution in [0.2, 0.25) is 5.02 Å². The van der Waals surface area contributed by atoms with E-state index in [1.54, 1.807) is 4.90 Å². The average molecular weight is 480 g/mol. The van der Waals surface area contributed by atoms with E-state index in [4.69, 9.17) is 11.6 Å². The molecule has 0 bridgehead atoms. The number of rotatable bonds is 3. The molecule has 174 valence electrons. The van der Waals surface area contributed by atoms with Crippen molar-refractivity contribution < 1.29 is 9.18 Å². The van der Waals surface area contributed by atoms with E-state index in [-0.39, 0.29) is 24.8 Å². The van der Waals surface area contributed by atoms with Crippen molar-refractivity contribution in [3.8, 4) is 5.69 Å². The van der Waals surface area contributed by atoms with Crippen LogP contribution in [0.3, 0.4) is 0 Å². The van der Waals surface area contributed by atoms with Crippen molar-refractivity contribution in [1.82, 2.24) is 24.6 Å². The second-order valence-electron chi connectivity index (χ2n) is 10.1. The largest absolute Gasteiger partial charge is 0.355 e. The standard InChI is InChI=1S/C24H23ClFN7O/c25-17-4-5-18-16(9-17)10-30(21(34)24(26)6-7-24)11-20-28-29-22(33(18)20)32-14-23(15-32)12-31(13-23)19-3-1-2-8-27-19/h1-5,8-9H,6-7,10-15H2. The molecule has 0 atom stereocenters. The highest BCUT2D eigenvalue weighted by molar-refractivity contribution is 6.30. The third-order valence-electron chi connectivity index (χ3n) is 7.41. The lowest BCUT2D eigenvalue weighted by atomic mass is 9.73. The first-order valence-corrected chi connectivity index (χ1v) is 11.9. The van der Waals surface area contributed by atoms with Gasteiger partial charge in [0.05, 0.1) is 12.2 Å². The summed E-state index contributed by atoms with van der Waals surface area (Å²) >= 11 is 6.29. The number of anilines is 2. The Balaban J connectivity index is 1.16. The Morgan fingerprint density at radius 2 is 1.79 bits per heavy atom. The van der Waals surface area contributed by atoms with E-state index in [2.05, 4.69) is 25.0 Å². The van der Waals surface area contributed by atoms with Gasteiger partial charge in [0.15, 0.2) is 11.5 Å². The minimum atomic E-state index is -1.73. The summed E-state index contributed by atoms with van der Waals surface area (Å²) in [5.74, 6) is 1.94. The van der Waals surface area contributed by atoms with Crippen LogP contribution in [0.1, 0.15) is 24.2 Å². The Morgan fingerprint density at radius 3 is 2.53 bits per heavy atom. The van der Waals surface area contributed by atoms with Crippen LogP contribution in [0, 0.1) is 5.41 Å². The highest BCUT2D eigenvalue weighted by Gasteiger charge is 2.55. The molecule has 3 fully saturated rings. The van der Waals surface area contributed by atoms with Crippen molar-refractivity contribution in [2.45, 2.75) is 31.6 Å². The van der Waals surface area contributed by atoms with Crippen LogP contribution in [0.5, 0.6) is 0 Å². The van der Waals surface area contributed by atoms with E-state index in [9.17, 15) is 9.18 Å². The first-order chi connectivity index (χ1) is 16.4. The first kappa shape index (κ1) is 20.2. The monoisotopic (exact) mass is 479 g/mol. The van der Waals surface area contributed by atoms with Gasteiger partial charge in [0.1, 0.15) is 5.82 Å². The Morgan fingerprint density at radius 1 is 1.00 bits per heavy atom. The molecule has 7 rings (SSSR count). The van der Waals surface area contributed by atoms with Gasteiger partial charge in [0, 0.05) is 49.4 Å². The first-order valence-electron chi connectivity index (χ1n) is 11.6. The lowest BCUT2D eigenvalue weighted by Gasteiger charge is -2.60. The van der Waals surface area contributed by atoms with E-state index >= 15 is 0 Å². The summed E-state index contributed by atoms with van der Waals surface area (Å²) in [7, 11) is 0. The summed E-state index contributed by atoms with van der Waals surface area (Å²) in [5, 5.41) is 9.52. The van der Waals surface area contributed by atoms with Gasteiger partial charge in [0.25, 0.3) is 5.91 Å². The summed E-state index contributed by atoms with van der Waals surface area (Å²) < 4.78 is 16.7. The van der Waals surface area contributed by atoms with Crippen LogP contribution in [-0.2, 0) is 17.9 Å². The van der Waals surface area contributed by atoms with Crippen molar-refractivity contribution in [3.63, 3.8) is 0 Å². The zero-order chi connectivity index (χ0) is 23.1. The number of hydrogen-bond acceptors (Lipinski definition) is 6. The molecular weight excluding hydrogens is 457 g/mol. The van der Waals surface area contributed by atoms with Gasteiger partial charge in [-0.1, -0.05) is 17.7 Å². The topological polar surface area (TPSA) is 70.4 Å². The predicted octanol–water partition coefficient (Wildman–Crippen LogP) is 2.99. The Kier molecular flexibility index (Phi) is 4.11. The number of hydrogen-bond donors (Lipinski definition) is 0. The molecule has 1 amide bonds. The summed E-state index contributed by atoms with van der Waals surface area (Å²) in [6.45, 7) is 4.22. The number of carbonyl (C=O) groups is 1. The summed E-state index contributed by atoms with van der Waals surface area (Å²) in [5.41, 5.74) is 0.254. The molecule has 0 radical (unpaired) electrons. The quantitative estimate of drug-likeness (QED) is 0.575. The molecule has 3 aromatic rings. The molecule has 1 spiro atoms. The number of alkyl halides is 1. The molecule has 34 heavy (non-hydrogen) atoms. The molecule has 2 saturated heterocycles. The Hall–Kier alpha value is -3.20. The zero-order valence-corrected chi connectivity index (χ0v) is 19.2. The van der Waals surface area contributed by atoms with Crippen LogP contribution < -0.4 is 9.80 Å². The molecule has 8 nitrogen and oxygen atoms in total. The highest BCUT2D eigenvalue weighted by Crippen LogP contribution is 2.45. The lowest BCUT2D eigenvalue weighted by Crippen LogP contribution is -2.73. The second kappa shape index (κ2) is 6.91. The van der Waals surface area contributed by atoms with E-state index in [0.29, 0.717) is 17.4 Å². The number of halogens is 2.